The van der Waals surface area contributed by atoms with Crippen molar-refractivity contribution >= 4 is 40.4 Å². The van der Waals surface area contributed by atoms with Gasteiger partial charge in [-0.3, -0.25) is 9.69 Å². The zero-order chi connectivity index (χ0) is 16.6. The van der Waals surface area contributed by atoms with Crippen LogP contribution in [-0.4, -0.2) is 44.6 Å². The Labute approximate surface area is 131 Å². The molecule has 6 N–H and O–H groups in total. The van der Waals surface area contributed by atoms with Crippen LogP contribution in [0.15, 0.2) is 18.2 Å². The zero-order valence-electron chi connectivity index (χ0n) is 12.2. The predicted molar refractivity (Wildman–Crippen MR) is 84.7 cm³/mol. The topological polar surface area (TPSA) is 147 Å². The molecule has 1 saturated heterocycles. The largest absolute Gasteiger partial charge is 0.465 e. The fraction of sp³-hybridized carbons (Fsp3) is 0.286. The molecule has 0 bridgehead atoms. The number of likely N-dealkylation sites (tertiary alicyclic amines) is 1. The van der Waals surface area contributed by atoms with E-state index in [0.29, 0.717) is 36.0 Å². The molecule has 9 heteroatoms. The third kappa shape index (κ3) is 2.80. The zero-order valence-corrected chi connectivity index (χ0v) is 12.2. The van der Waals surface area contributed by atoms with Crippen molar-refractivity contribution in [1.29, 1.82) is 0 Å². The first-order valence-electron chi connectivity index (χ1n) is 7.09. The maximum atomic E-state index is 12.3. The maximum absolute atomic E-state index is 12.3. The third-order valence-electron chi connectivity index (χ3n) is 3.81. The quantitative estimate of drug-likeness (QED) is 0.642. The van der Waals surface area contributed by atoms with E-state index in [4.69, 9.17) is 16.6 Å². The van der Waals surface area contributed by atoms with Crippen molar-refractivity contribution in [1.82, 2.24) is 14.9 Å². The van der Waals surface area contributed by atoms with Crippen LogP contribution in [-0.2, 0) is 4.79 Å². The number of nitrogens with zero attached hydrogens (tertiary/aromatic N) is 3. The summed E-state index contributed by atoms with van der Waals surface area (Å²) in [5.74, 6) is -0.0642. The molecule has 2 heterocycles. The second-order valence-corrected chi connectivity index (χ2v) is 5.32. The lowest BCUT2D eigenvalue weighted by Gasteiger charge is -2.20. The van der Waals surface area contributed by atoms with Gasteiger partial charge in [0.05, 0.1) is 5.52 Å². The predicted octanol–water partition coefficient (Wildman–Crippen LogP) is 0.875. The summed E-state index contributed by atoms with van der Waals surface area (Å²) in [6.45, 7) is 0.366. The SMILES string of the molecule is Nc1nc(N)c2cc(NC(=O)C3CCCN3C(=O)O)ccc2n1. The second-order valence-electron chi connectivity index (χ2n) is 5.32. The number of amides is 2. The van der Waals surface area contributed by atoms with E-state index in [0.717, 1.165) is 4.90 Å². The van der Waals surface area contributed by atoms with Gasteiger partial charge < -0.3 is 21.9 Å². The molecule has 0 spiro atoms. The number of carboxylic acid groups (broad SMARTS) is 1. The van der Waals surface area contributed by atoms with Crippen molar-refractivity contribution in [2.24, 2.45) is 0 Å². The molecule has 1 aromatic heterocycles. The summed E-state index contributed by atoms with van der Waals surface area (Å²) in [5.41, 5.74) is 12.4. The first-order chi connectivity index (χ1) is 11.0. The highest BCUT2D eigenvalue weighted by molar-refractivity contribution is 5.99. The normalized spacial score (nSPS) is 17.4. The first kappa shape index (κ1) is 14.8. The van der Waals surface area contributed by atoms with Crippen molar-refractivity contribution in [2.75, 3.05) is 23.3 Å². The van der Waals surface area contributed by atoms with Gasteiger partial charge in [0, 0.05) is 17.6 Å². The molecule has 9 nitrogen and oxygen atoms in total. The highest BCUT2D eigenvalue weighted by Gasteiger charge is 2.34. The average molecular weight is 316 g/mol. The Hall–Kier alpha value is -3.10. The van der Waals surface area contributed by atoms with Crippen LogP contribution in [0.2, 0.25) is 0 Å². The van der Waals surface area contributed by atoms with Gasteiger partial charge in [-0.1, -0.05) is 0 Å². The summed E-state index contributed by atoms with van der Waals surface area (Å²) in [6, 6.07) is 4.29. The van der Waals surface area contributed by atoms with E-state index in [1.54, 1.807) is 18.2 Å². The minimum absolute atomic E-state index is 0.0786. The monoisotopic (exact) mass is 316 g/mol. The van der Waals surface area contributed by atoms with Gasteiger partial charge in [-0.15, -0.1) is 0 Å². The number of hydrogen-bond donors (Lipinski definition) is 4. The van der Waals surface area contributed by atoms with Crippen LogP contribution in [0.4, 0.5) is 22.2 Å². The van der Waals surface area contributed by atoms with Crippen molar-refractivity contribution in [3.63, 3.8) is 0 Å². The van der Waals surface area contributed by atoms with Gasteiger partial charge in [-0.05, 0) is 31.0 Å². The molecular weight excluding hydrogens is 300 g/mol. The first-order valence-corrected chi connectivity index (χ1v) is 7.09. The Morgan fingerprint density at radius 1 is 1.30 bits per heavy atom. The molecular formula is C14H16N6O3. The number of benzene rings is 1. The molecule has 1 fully saturated rings. The number of nitrogen functional groups attached to an aromatic ring is 2. The van der Waals surface area contributed by atoms with E-state index < -0.39 is 12.1 Å². The molecule has 23 heavy (non-hydrogen) atoms. The summed E-state index contributed by atoms with van der Waals surface area (Å²) in [5, 5.41) is 12.4. The lowest BCUT2D eigenvalue weighted by atomic mass is 10.1. The molecule has 0 aliphatic carbocycles. The summed E-state index contributed by atoms with van der Waals surface area (Å²) in [7, 11) is 0. The number of carbonyl (C=O) groups excluding carboxylic acids is 1. The van der Waals surface area contributed by atoms with Crippen LogP contribution in [0.5, 0.6) is 0 Å². The van der Waals surface area contributed by atoms with Crippen LogP contribution >= 0.6 is 0 Å². The van der Waals surface area contributed by atoms with E-state index >= 15 is 0 Å². The number of carbonyl (C=O) groups is 2. The van der Waals surface area contributed by atoms with E-state index in [1.807, 2.05) is 0 Å². The highest BCUT2D eigenvalue weighted by atomic mass is 16.4. The fourth-order valence-electron chi connectivity index (χ4n) is 2.74. The van der Waals surface area contributed by atoms with Crippen molar-refractivity contribution < 1.29 is 14.7 Å². The molecule has 0 radical (unpaired) electrons. The van der Waals surface area contributed by atoms with Crippen LogP contribution < -0.4 is 16.8 Å². The molecule has 1 atom stereocenters. The van der Waals surface area contributed by atoms with Crippen LogP contribution in [0, 0.1) is 0 Å². The van der Waals surface area contributed by atoms with E-state index in [2.05, 4.69) is 15.3 Å². The second kappa shape index (κ2) is 5.59. The van der Waals surface area contributed by atoms with Gasteiger partial charge in [0.2, 0.25) is 11.9 Å². The minimum atomic E-state index is -1.09. The summed E-state index contributed by atoms with van der Waals surface area (Å²) in [6.07, 6.45) is 0.0876. The van der Waals surface area contributed by atoms with Crippen molar-refractivity contribution in [2.45, 2.75) is 18.9 Å². The van der Waals surface area contributed by atoms with Crippen molar-refractivity contribution in [3.8, 4) is 0 Å². The molecule has 1 aromatic carbocycles. The highest BCUT2D eigenvalue weighted by Crippen LogP contribution is 2.24. The van der Waals surface area contributed by atoms with E-state index in [9.17, 15) is 9.59 Å². The standard InChI is InChI=1S/C14H16N6O3/c15-11-8-6-7(3-4-9(8)18-13(16)19-11)17-12(21)10-2-1-5-20(10)14(22)23/h3-4,6,10H,1-2,5H2,(H,17,21)(H,22,23)(H4,15,16,18,19). The smallest absolute Gasteiger partial charge is 0.407 e. The Kier molecular flexibility index (Phi) is 3.61. The van der Waals surface area contributed by atoms with Gasteiger partial charge in [-0.2, -0.15) is 4.98 Å². The summed E-state index contributed by atoms with van der Waals surface area (Å²) >= 11 is 0. The lowest BCUT2D eigenvalue weighted by Crippen LogP contribution is -2.42. The van der Waals surface area contributed by atoms with Gasteiger partial charge in [-0.25, -0.2) is 9.78 Å². The summed E-state index contributed by atoms with van der Waals surface area (Å²) in [4.78, 5) is 32.5. The Morgan fingerprint density at radius 2 is 2.09 bits per heavy atom. The number of nitrogens with two attached hydrogens (primary N) is 2. The lowest BCUT2D eigenvalue weighted by molar-refractivity contribution is -0.119. The molecule has 1 aliphatic rings. The van der Waals surface area contributed by atoms with Crippen molar-refractivity contribution in [3.05, 3.63) is 18.2 Å². The molecule has 0 saturated carbocycles. The molecule has 1 unspecified atom stereocenters. The number of anilines is 3. The fourth-order valence-corrected chi connectivity index (χ4v) is 2.74. The van der Waals surface area contributed by atoms with Gasteiger partial charge in [0.1, 0.15) is 11.9 Å². The van der Waals surface area contributed by atoms with E-state index in [1.165, 1.54) is 0 Å². The van der Waals surface area contributed by atoms with Gasteiger partial charge in [0.15, 0.2) is 0 Å². The van der Waals surface area contributed by atoms with Crippen LogP contribution in [0.1, 0.15) is 12.8 Å². The van der Waals surface area contributed by atoms with Crippen LogP contribution in [0.3, 0.4) is 0 Å². The Morgan fingerprint density at radius 3 is 2.83 bits per heavy atom. The molecule has 1 aliphatic heterocycles. The molecule has 3 rings (SSSR count). The number of nitrogens with one attached hydrogen (secondary N) is 1. The van der Waals surface area contributed by atoms with Crippen LogP contribution in [0.25, 0.3) is 10.9 Å². The number of hydrogen-bond acceptors (Lipinski definition) is 6. The molecule has 120 valence electrons. The number of rotatable bonds is 2. The van der Waals surface area contributed by atoms with E-state index in [-0.39, 0.29) is 17.7 Å². The maximum Gasteiger partial charge on any atom is 0.407 e. The Bertz CT molecular complexity index is 793. The minimum Gasteiger partial charge on any atom is -0.465 e. The number of fused-ring (bicyclic) bond motifs is 1. The number of aromatic nitrogens is 2. The Balaban J connectivity index is 1.84. The van der Waals surface area contributed by atoms with Gasteiger partial charge in [0.25, 0.3) is 0 Å². The molecule has 2 aromatic rings. The summed E-state index contributed by atoms with van der Waals surface area (Å²) < 4.78 is 0. The third-order valence-corrected chi connectivity index (χ3v) is 3.81. The molecule has 2 amide bonds. The van der Waals surface area contributed by atoms with Gasteiger partial charge >= 0.3 is 6.09 Å². The average Bonchev–Trinajstić information content (AvgIpc) is 2.97.